The van der Waals surface area contributed by atoms with Gasteiger partial charge in [0, 0.05) is 19.3 Å². The van der Waals surface area contributed by atoms with Gasteiger partial charge in [-0.1, -0.05) is 13.8 Å². The number of aliphatic hydroxyl groups is 1. The van der Waals surface area contributed by atoms with E-state index in [0.717, 1.165) is 16.9 Å². The second-order valence-corrected chi connectivity index (χ2v) is 6.65. The molecule has 3 heteroatoms. The van der Waals surface area contributed by atoms with Crippen LogP contribution in [0, 0.1) is 12.3 Å². The predicted octanol–water partition coefficient (Wildman–Crippen LogP) is 3.29. The Bertz CT molecular complexity index is 432. The summed E-state index contributed by atoms with van der Waals surface area (Å²) in [4.78, 5) is 6.85. The van der Waals surface area contributed by atoms with Gasteiger partial charge in [0.1, 0.15) is 5.82 Å². The topological polar surface area (TPSA) is 36.4 Å². The van der Waals surface area contributed by atoms with Gasteiger partial charge >= 0.3 is 0 Å². The van der Waals surface area contributed by atoms with Gasteiger partial charge in [0.05, 0.1) is 6.61 Å². The number of pyridine rings is 1. The lowest BCUT2D eigenvalue weighted by atomic mass is 9.75. The van der Waals surface area contributed by atoms with Crippen LogP contribution < -0.4 is 4.90 Å². The van der Waals surface area contributed by atoms with E-state index in [-0.39, 0.29) is 6.61 Å². The van der Waals surface area contributed by atoms with E-state index in [0.29, 0.717) is 11.5 Å². The van der Waals surface area contributed by atoms with E-state index in [2.05, 4.69) is 37.7 Å². The van der Waals surface area contributed by atoms with Gasteiger partial charge in [0.25, 0.3) is 0 Å². The molecule has 19 heavy (non-hydrogen) atoms. The highest BCUT2D eigenvalue weighted by Gasteiger charge is 2.29. The first-order valence-corrected chi connectivity index (χ1v) is 7.22. The van der Waals surface area contributed by atoms with Gasteiger partial charge in [-0.05, 0) is 55.2 Å². The van der Waals surface area contributed by atoms with Gasteiger partial charge in [-0.3, -0.25) is 0 Å². The number of rotatable bonds is 3. The Morgan fingerprint density at radius 2 is 2.00 bits per heavy atom. The number of hydrogen-bond acceptors (Lipinski definition) is 3. The highest BCUT2D eigenvalue weighted by Crippen LogP contribution is 2.37. The number of aromatic nitrogens is 1. The van der Waals surface area contributed by atoms with Gasteiger partial charge in [-0.25, -0.2) is 4.98 Å². The summed E-state index contributed by atoms with van der Waals surface area (Å²) < 4.78 is 0. The van der Waals surface area contributed by atoms with E-state index < -0.39 is 0 Å². The van der Waals surface area contributed by atoms with Crippen molar-refractivity contribution >= 4 is 5.82 Å². The Kier molecular flexibility index (Phi) is 4.14. The maximum Gasteiger partial charge on any atom is 0.131 e. The number of anilines is 1. The molecule has 3 nitrogen and oxygen atoms in total. The van der Waals surface area contributed by atoms with Crippen LogP contribution in [0.1, 0.15) is 50.7 Å². The van der Waals surface area contributed by atoms with Crippen LogP contribution in [0.15, 0.2) is 12.3 Å². The molecule has 2 rings (SSSR count). The van der Waals surface area contributed by atoms with Gasteiger partial charge in [-0.15, -0.1) is 0 Å². The fourth-order valence-electron chi connectivity index (χ4n) is 3.03. The van der Waals surface area contributed by atoms with E-state index in [4.69, 9.17) is 5.11 Å². The Labute approximate surface area is 116 Å². The third-order valence-corrected chi connectivity index (χ3v) is 4.48. The second-order valence-electron chi connectivity index (χ2n) is 6.65. The van der Waals surface area contributed by atoms with Crippen LogP contribution in [0.3, 0.4) is 0 Å². The molecule has 0 saturated heterocycles. The van der Waals surface area contributed by atoms with Crippen LogP contribution in [-0.4, -0.2) is 23.2 Å². The Morgan fingerprint density at radius 3 is 2.53 bits per heavy atom. The Balaban J connectivity index is 2.10. The van der Waals surface area contributed by atoms with Crippen molar-refractivity contribution in [3.05, 3.63) is 23.4 Å². The molecule has 0 atom stereocenters. The normalized spacial score (nSPS) is 19.4. The molecule has 1 aromatic heterocycles. The molecular weight excluding hydrogens is 236 g/mol. The summed E-state index contributed by atoms with van der Waals surface area (Å²) in [5.74, 6) is 1.06. The summed E-state index contributed by atoms with van der Waals surface area (Å²) in [7, 11) is 2.15. The summed E-state index contributed by atoms with van der Waals surface area (Å²) in [5, 5.41) is 9.14. The summed E-state index contributed by atoms with van der Waals surface area (Å²) in [5.41, 5.74) is 2.54. The van der Waals surface area contributed by atoms with Gasteiger partial charge < -0.3 is 10.0 Å². The molecule has 0 unspecified atom stereocenters. The predicted molar refractivity (Wildman–Crippen MR) is 79.3 cm³/mol. The number of aryl methyl sites for hydroxylation is 1. The van der Waals surface area contributed by atoms with E-state index in [9.17, 15) is 0 Å². The molecule has 1 aromatic rings. The standard InChI is InChI=1S/C16H26N2O/c1-12-9-13(11-19)10-17-15(12)18(4)14-5-7-16(2,3)8-6-14/h9-10,14,19H,5-8,11H2,1-4H3. The molecule has 106 valence electrons. The zero-order valence-corrected chi connectivity index (χ0v) is 12.6. The van der Waals surface area contributed by atoms with E-state index >= 15 is 0 Å². The van der Waals surface area contributed by atoms with Crippen LogP contribution in [0.5, 0.6) is 0 Å². The van der Waals surface area contributed by atoms with Gasteiger partial charge in [0.15, 0.2) is 0 Å². The summed E-state index contributed by atoms with van der Waals surface area (Å²) >= 11 is 0. The molecule has 1 heterocycles. The first-order chi connectivity index (χ1) is 8.93. The molecule has 0 bridgehead atoms. The number of nitrogens with zero attached hydrogens (tertiary/aromatic N) is 2. The third kappa shape index (κ3) is 3.27. The zero-order chi connectivity index (χ0) is 14.0. The van der Waals surface area contributed by atoms with Crippen LogP contribution in [0.25, 0.3) is 0 Å². The smallest absolute Gasteiger partial charge is 0.131 e. The van der Waals surface area contributed by atoms with E-state index in [1.54, 1.807) is 6.20 Å². The molecule has 1 aliphatic carbocycles. The van der Waals surface area contributed by atoms with Crippen molar-refractivity contribution in [2.75, 3.05) is 11.9 Å². The Morgan fingerprint density at radius 1 is 1.37 bits per heavy atom. The monoisotopic (exact) mass is 262 g/mol. The largest absolute Gasteiger partial charge is 0.392 e. The minimum absolute atomic E-state index is 0.0649. The lowest BCUT2D eigenvalue weighted by molar-refractivity contribution is 0.222. The minimum atomic E-state index is 0.0649. The fourth-order valence-corrected chi connectivity index (χ4v) is 3.03. The molecule has 0 amide bonds. The SMILES string of the molecule is Cc1cc(CO)cnc1N(C)C1CCC(C)(C)CC1. The van der Waals surface area contributed by atoms with Crippen LogP contribution >= 0.6 is 0 Å². The average molecular weight is 262 g/mol. The quantitative estimate of drug-likeness (QED) is 0.908. The summed E-state index contributed by atoms with van der Waals surface area (Å²) in [6.07, 6.45) is 6.84. The van der Waals surface area contributed by atoms with E-state index in [1.165, 1.54) is 25.7 Å². The van der Waals surface area contributed by atoms with Crippen LogP contribution in [-0.2, 0) is 6.61 Å². The fraction of sp³-hybridized carbons (Fsp3) is 0.688. The van der Waals surface area contributed by atoms with Gasteiger partial charge in [0.2, 0.25) is 0 Å². The maximum absolute atomic E-state index is 9.14. The average Bonchev–Trinajstić information content (AvgIpc) is 2.37. The number of hydrogen-bond donors (Lipinski definition) is 1. The molecule has 0 aliphatic heterocycles. The van der Waals surface area contributed by atoms with Crippen LogP contribution in [0.4, 0.5) is 5.82 Å². The van der Waals surface area contributed by atoms with Crippen LogP contribution in [0.2, 0.25) is 0 Å². The first-order valence-electron chi connectivity index (χ1n) is 7.22. The molecule has 1 fully saturated rings. The molecule has 1 N–H and O–H groups in total. The van der Waals surface area contributed by atoms with Crippen molar-refractivity contribution in [2.45, 2.75) is 59.1 Å². The van der Waals surface area contributed by atoms with Crippen molar-refractivity contribution in [1.82, 2.24) is 4.98 Å². The minimum Gasteiger partial charge on any atom is -0.392 e. The molecule has 1 saturated carbocycles. The summed E-state index contributed by atoms with van der Waals surface area (Å²) in [6.45, 7) is 6.87. The maximum atomic E-state index is 9.14. The first kappa shape index (κ1) is 14.3. The molecule has 1 aliphatic rings. The van der Waals surface area contributed by atoms with Crippen molar-refractivity contribution in [3.8, 4) is 0 Å². The van der Waals surface area contributed by atoms with Crippen molar-refractivity contribution in [2.24, 2.45) is 5.41 Å². The highest BCUT2D eigenvalue weighted by molar-refractivity contribution is 5.47. The van der Waals surface area contributed by atoms with E-state index in [1.807, 2.05) is 6.07 Å². The van der Waals surface area contributed by atoms with Crippen molar-refractivity contribution in [1.29, 1.82) is 0 Å². The lowest BCUT2D eigenvalue weighted by Crippen LogP contribution is -2.38. The molecular formula is C16H26N2O. The molecule has 0 spiro atoms. The third-order valence-electron chi connectivity index (χ3n) is 4.48. The summed E-state index contributed by atoms with van der Waals surface area (Å²) in [6, 6.07) is 2.63. The van der Waals surface area contributed by atoms with Crippen molar-refractivity contribution < 1.29 is 5.11 Å². The van der Waals surface area contributed by atoms with Gasteiger partial charge in [-0.2, -0.15) is 0 Å². The Hall–Kier alpha value is -1.09. The molecule has 0 radical (unpaired) electrons. The van der Waals surface area contributed by atoms with Crippen molar-refractivity contribution in [3.63, 3.8) is 0 Å². The second kappa shape index (κ2) is 5.49. The lowest BCUT2D eigenvalue weighted by Gasteiger charge is -2.39. The number of aliphatic hydroxyl groups excluding tert-OH is 1. The zero-order valence-electron chi connectivity index (χ0n) is 12.6. The highest BCUT2D eigenvalue weighted by atomic mass is 16.3. The molecule has 0 aromatic carbocycles.